The summed E-state index contributed by atoms with van der Waals surface area (Å²) in [5.41, 5.74) is -0.465. The number of aromatic nitrogens is 1. The number of rotatable bonds is 3. The molecule has 1 N–H and O–H groups in total. The highest BCUT2D eigenvalue weighted by Crippen LogP contribution is 2.32. The quantitative estimate of drug-likeness (QED) is 0.886. The first-order valence-corrected chi connectivity index (χ1v) is 5.98. The van der Waals surface area contributed by atoms with E-state index in [-0.39, 0.29) is 11.6 Å². The van der Waals surface area contributed by atoms with Gasteiger partial charge in [-0.1, -0.05) is 5.16 Å². The van der Waals surface area contributed by atoms with Crippen LogP contribution in [0.2, 0.25) is 0 Å². The highest BCUT2D eigenvalue weighted by atomic mass is 16.5. The number of nitriles is 1. The van der Waals surface area contributed by atoms with Crippen molar-refractivity contribution < 1.29 is 19.2 Å². The summed E-state index contributed by atoms with van der Waals surface area (Å²) in [7, 11) is 1.36. The first-order valence-electron chi connectivity index (χ1n) is 5.98. The summed E-state index contributed by atoms with van der Waals surface area (Å²) in [4.78, 5) is 13.2. The fourth-order valence-electron chi connectivity index (χ4n) is 1.91. The lowest BCUT2D eigenvalue weighted by atomic mass is 9.92. The van der Waals surface area contributed by atoms with Crippen LogP contribution in [0.1, 0.15) is 26.5 Å². The van der Waals surface area contributed by atoms with Crippen molar-refractivity contribution in [2.45, 2.75) is 32.4 Å². The molecule has 0 aromatic carbocycles. The minimum Gasteiger partial charge on any atom is -0.491 e. The van der Waals surface area contributed by atoms with Crippen LogP contribution in [-0.4, -0.2) is 29.5 Å². The Morgan fingerprint density at radius 2 is 2.25 bits per heavy atom. The third-order valence-electron chi connectivity index (χ3n) is 3.25. The molecule has 0 radical (unpaired) electrons. The molecule has 0 fully saturated rings. The molecule has 2 rings (SSSR count). The van der Waals surface area contributed by atoms with Crippen LogP contribution in [0.3, 0.4) is 0 Å². The van der Waals surface area contributed by atoms with Crippen LogP contribution in [0.5, 0.6) is 0 Å². The van der Waals surface area contributed by atoms with Crippen LogP contribution in [0.4, 0.5) is 5.82 Å². The lowest BCUT2D eigenvalue weighted by Gasteiger charge is -2.17. The van der Waals surface area contributed by atoms with Gasteiger partial charge < -0.3 is 14.4 Å². The van der Waals surface area contributed by atoms with E-state index in [0.717, 1.165) is 4.90 Å². The van der Waals surface area contributed by atoms with Gasteiger partial charge in [-0.3, -0.25) is 9.69 Å². The van der Waals surface area contributed by atoms with E-state index >= 15 is 0 Å². The van der Waals surface area contributed by atoms with Gasteiger partial charge in [-0.25, -0.2) is 0 Å². The van der Waals surface area contributed by atoms with E-state index in [1.165, 1.54) is 13.2 Å². The minimum atomic E-state index is -1.15. The number of nitrogens with zero attached hydrogens (tertiary/aromatic N) is 3. The summed E-state index contributed by atoms with van der Waals surface area (Å²) in [6.07, 6.45) is -1.15. The van der Waals surface area contributed by atoms with Gasteiger partial charge in [0.15, 0.2) is 23.6 Å². The average Bonchev–Trinajstić information content (AvgIpc) is 2.96. The number of hydrogen-bond donors (Lipinski definition) is 1. The average molecular weight is 277 g/mol. The van der Waals surface area contributed by atoms with Gasteiger partial charge in [0, 0.05) is 11.6 Å². The molecule has 1 amide bonds. The molecule has 0 spiro atoms. The number of amides is 1. The van der Waals surface area contributed by atoms with Gasteiger partial charge in [-0.2, -0.15) is 5.26 Å². The number of aliphatic hydroxyl groups is 1. The van der Waals surface area contributed by atoms with E-state index in [1.807, 2.05) is 0 Å². The highest BCUT2D eigenvalue weighted by molar-refractivity contribution is 6.07. The predicted octanol–water partition coefficient (Wildman–Crippen LogP) is 1.06. The summed E-state index contributed by atoms with van der Waals surface area (Å²) in [6, 6.07) is 3.55. The molecule has 1 aromatic rings. The molecular weight excluding hydrogens is 262 g/mol. The Bertz CT molecular complexity index is 624. The number of anilines is 1. The third kappa shape index (κ3) is 1.94. The molecule has 1 atom stereocenters. The maximum Gasteiger partial charge on any atom is 0.297 e. The molecule has 0 bridgehead atoms. The van der Waals surface area contributed by atoms with E-state index in [2.05, 4.69) is 11.2 Å². The van der Waals surface area contributed by atoms with Gasteiger partial charge >= 0.3 is 0 Å². The topological polar surface area (TPSA) is 99.6 Å². The summed E-state index contributed by atoms with van der Waals surface area (Å²) >= 11 is 0. The minimum absolute atomic E-state index is 0.0848. The van der Waals surface area contributed by atoms with E-state index < -0.39 is 17.6 Å². The summed E-state index contributed by atoms with van der Waals surface area (Å²) < 4.78 is 10.1. The molecule has 7 nitrogen and oxygen atoms in total. The summed E-state index contributed by atoms with van der Waals surface area (Å²) in [5, 5.41) is 22.9. The standard InChI is InChI=1S/C13H15N3O4/c1-7-10(19-4)12(18)16(11(7)17)9-5-8(20-15-9)13(2,3)6-14/h5,11,17H,1-4H3. The van der Waals surface area contributed by atoms with Gasteiger partial charge in [-0.05, 0) is 20.8 Å². The summed E-state index contributed by atoms with van der Waals surface area (Å²) in [6.45, 7) is 4.94. The molecule has 1 aromatic heterocycles. The Morgan fingerprint density at radius 3 is 2.75 bits per heavy atom. The highest BCUT2D eigenvalue weighted by Gasteiger charge is 2.40. The number of methoxy groups -OCH3 is 1. The molecule has 1 aliphatic rings. The van der Waals surface area contributed by atoms with Crippen molar-refractivity contribution in [1.29, 1.82) is 5.26 Å². The second kappa shape index (κ2) is 4.65. The smallest absolute Gasteiger partial charge is 0.297 e. The van der Waals surface area contributed by atoms with Crippen molar-refractivity contribution >= 4 is 11.7 Å². The Balaban J connectivity index is 2.36. The largest absolute Gasteiger partial charge is 0.491 e. The number of ether oxygens (including phenoxy) is 1. The zero-order valence-electron chi connectivity index (χ0n) is 11.7. The van der Waals surface area contributed by atoms with E-state index in [4.69, 9.17) is 14.5 Å². The fraction of sp³-hybridized carbons (Fsp3) is 0.462. The molecule has 0 aliphatic carbocycles. The van der Waals surface area contributed by atoms with Crippen LogP contribution in [-0.2, 0) is 14.9 Å². The van der Waals surface area contributed by atoms with Crippen LogP contribution in [0, 0.1) is 11.3 Å². The lowest BCUT2D eigenvalue weighted by Crippen LogP contribution is -2.35. The van der Waals surface area contributed by atoms with Crippen LogP contribution >= 0.6 is 0 Å². The first-order chi connectivity index (χ1) is 9.33. The van der Waals surface area contributed by atoms with E-state index in [0.29, 0.717) is 11.3 Å². The molecule has 1 aliphatic heterocycles. The van der Waals surface area contributed by atoms with Gasteiger partial charge in [0.05, 0.1) is 13.2 Å². The predicted molar refractivity (Wildman–Crippen MR) is 68.3 cm³/mol. The normalized spacial score (nSPS) is 19.5. The Labute approximate surface area is 116 Å². The van der Waals surface area contributed by atoms with Crippen LogP contribution in [0.25, 0.3) is 0 Å². The number of hydrogen-bond acceptors (Lipinski definition) is 6. The third-order valence-corrected chi connectivity index (χ3v) is 3.25. The van der Waals surface area contributed by atoms with Crippen molar-refractivity contribution in [2.24, 2.45) is 0 Å². The van der Waals surface area contributed by atoms with Gasteiger partial charge in [0.1, 0.15) is 5.41 Å². The maximum absolute atomic E-state index is 12.1. The van der Waals surface area contributed by atoms with Crippen LogP contribution < -0.4 is 4.90 Å². The Hall–Kier alpha value is -2.33. The molecule has 0 saturated carbocycles. The zero-order chi connectivity index (χ0) is 15.1. The molecule has 7 heteroatoms. The van der Waals surface area contributed by atoms with Crippen molar-refractivity contribution in [1.82, 2.24) is 5.16 Å². The molecular formula is C13H15N3O4. The van der Waals surface area contributed by atoms with Gasteiger partial charge in [0.2, 0.25) is 0 Å². The van der Waals surface area contributed by atoms with Crippen molar-refractivity contribution in [2.75, 3.05) is 12.0 Å². The van der Waals surface area contributed by atoms with E-state index in [1.54, 1.807) is 20.8 Å². The Kier molecular flexibility index (Phi) is 3.28. The van der Waals surface area contributed by atoms with Crippen molar-refractivity contribution in [3.8, 4) is 6.07 Å². The van der Waals surface area contributed by atoms with Crippen molar-refractivity contribution in [3.63, 3.8) is 0 Å². The maximum atomic E-state index is 12.1. The Morgan fingerprint density at radius 1 is 1.60 bits per heavy atom. The monoisotopic (exact) mass is 277 g/mol. The van der Waals surface area contributed by atoms with Crippen LogP contribution in [0.15, 0.2) is 21.9 Å². The van der Waals surface area contributed by atoms with E-state index in [9.17, 15) is 9.90 Å². The number of aliphatic hydroxyl groups excluding tert-OH is 1. The van der Waals surface area contributed by atoms with Gasteiger partial charge in [-0.15, -0.1) is 0 Å². The summed E-state index contributed by atoms with van der Waals surface area (Å²) in [5.74, 6) is 0.0550. The fourth-order valence-corrected chi connectivity index (χ4v) is 1.91. The molecule has 0 saturated heterocycles. The van der Waals surface area contributed by atoms with Crippen molar-refractivity contribution in [3.05, 3.63) is 23.2 Å². The number of carbonyl (C=O) groups is 1. The lowest BCUT2D eigenvalue weighted by molar-refractivity contribution is -0.118. The molecule has 2 heterocycles. The second-order valence-corrected chi connectivity index (χ2v) is 5.05. The van der Waals surface area contributed by atoms with Gasteiger partial charge in [0.25, 0.3) is 5.91 Å². The molecule has 1 unspecified atom stereocenters. The first kappa shape index (κ1) is 14.1. The molecule has 20 heavy (non-hydrogen) atoms. The molecule has 106 valence electrons. The number of carbonyl (C=O) groups excluding carboxylic acids is 1. The zero-order valence-corrected chi connectivity index (χ0v) is 11.7. The second-order valence-electron chi connectivity index (χ2n) is 5.05. The SMILES string of the molecule is COC1=C(C)C(O)N(c2cc(C(C)(C)C#N)on2)C1=O.